The third-order valence-corrected chi connectivity index (χ3v) is 2.08. The highest BCUT2D eigenvalue weighted by Gasteiger charge is 2.11. The van der Waals surface area contributed by atoms with Crippen LogP contribution in [0.4, 0.5) is 5.69 Å². The molecule has 0 aliphatic heterocycles. The molecule has 0 aliphatic rings. The van der Waals surface area contributed by atoms with Crippen LogP contribution in [0.3, 0.4) is 0 Å². The first-order valence-corrected chi connectivity index (χ1v) is 4.81. The number of aromatic carboxylic acids is 1. The van der Waals surface area contributed by atoms with Crippen LogP contribution in [0.25, 0.3) is 0 Å². The number of rotatable bonds is 3. The van der Waals surface area contributed by atoms with Gasteiger partial charge in [-0.05, 0) is 12.1 Å². The second kappa shape index (κ2) is 5.72. The van der Waals surface area contributed by atoms with Crippen LogP contribution in [0.5, 0.6) is 5.75 Å². The van der Waals surface area contributed by atoms with Gasteiger partial charge in [-0.1, -0.05) is 0 Å². The van der Waals surface area contributed by atoms with Crippen LogP contribution in [0.15, 0.2) is 29.5 Å². The minimum Gasteiger partial charge on any atom is -0.507 e. The minimum atomic E-state index is -1.30. The number of benzene rings is 1. The highest BCUT2D eigenvalue weighted by atomic mass is 16.4. The lowest BCUT2D eigenvalue weighted by Crippen LogP contribution is -2.02. The smallest absolute Gasteiger partial charge is 0.339 e. The predicted octanol–water partition coefficient (Wildman–Crippen LogP) is 1.33. The molecule has 0 amide bonds. The second-order valence-corrected chi connectivity index (χ2v) is 3.25. The Kier molecular flexibility index (Phi) is 4.08. The molecule has 0 radical (unpaired) electrons. The normalized spacial score (nSPS) is 8.47. The molecule has 3 N–H and O–H groups in total. The fourth-order valence-electron chi connectivity index (χ4n) is 1.22. The summed E-state index contributed by atoms with van der Waals surface area (Å²) in [5.74, 6) is -1.79. The van der Waals surface area contributed by atoms with E-state index in [0.29, 0.717) is 0 Å². The van der Waals surface area contributed by atoms with Gasteiger partial charge in [-0.2, -0.15) is 15.8 Å². The molecule has 0 saturated carbocycles. The Labute approximate surface area is 107 Å². The van der Waals surface area contributed by atoms with Crippen molar-refractivity contribution in [2.75, 3.05) is 5.32 Å². The lowest BCUT2D eigenvalue weighted by atomic mass is 10.1. The number of carboxylic acids is 1. The lowest BCUT2D eigenvalue weighted by Gasteiger charge is -2.06. The number of carboxylic acid groups (broad SMARTS) is 1. The Hall–Kier alpha value is -3.50. The van der Waals surface area contributed by atoms with Crippen LogP contribution in [0.2, 0.25) is 0 Å². The number of carbonyl (C=O) groups is 1. The van der Waals surface area contributed by atoms with E-state index in [2.05, 4.69) is 5.32 Å². The summed E-state index contributed by atoms with van der Waals surface area (Å²) in [6.45, 7) is 0. The van der Waals surface area contributed by atoms with Crippen molar-refractivity contribution >= 4 is 11.7 Å². The van der Waals surface area contributed by atoms with Crippen molar-refractivity contribution in [3.8, 4) is 24.0 Å². The van der Waals surface area contributed by atoms with Gasteiger partial charge in [0.2, 0.25) is 0 Å². The maximum atomic E-state index is 10.7. The minimum absolute atomic E-state index is 0.182. The van der Waals surface area contributed by atoms with E-state index in [1.165, 1.54) is 6.07 Å². The molecule has 0 saturated heterocycles. The molecule has 19 heavy (non-hydrogen) atoms. The van der Waals surface area contributed by atoms with Gasteiger partial charge in [-0.25, -0.2) is 4.79 Å². The van der Waals surface area contributed by atoms with Gasteiger partial charge in [0.15, 0.2) is 5.57 Å². The van der Waals surface area contributed by atoms with Crippen molar-refractivity contribution in [3.05, 3.63) is 35.0 Å². The molecule has 0 unspecified atom stereocenters. The fraction of sp³-hybridized carbons (Fsp3) is 0. The number of hydrogen-bond acceptors (Lipinski definition) is 6. The Morgan fingerprint density at radius 2 is 1.79 bits per heavy atom. The Morgan fingerprint density at radius 3 is 2.21 bits per heavy atom. The van der Waals surface area contributed by atoms with Crippen LogP contribution in [-0.2, 0) is 0 Å². The SMILES string of the molecule is N#CC(C#N)=C(C#N)Nc1ccc(C(=O)O)c(O)c1. The molecular weight excluding hydrogens is 248 g/mol. The van der Waals surface area contributed by atoms with Crippen LogP contribution in [-0.4, -0.2) is 16.2 Å². The first-order valence-electron chi connectivity index (χ1n) is 4.81. The molecule has 7 nitrogen and oxygen atoms in total. The van der Waals surface area contributed by atoms with Crippen LogP contribution < -0.4 is 5.32 Å². The molecule has 92 valence electrons. The van der Waals surface area contributed by atoms with Crippen molar-refractivity contribution in [1.82, 2.24) is 0 Å². The molecule has 0 aromatic heterocycles. The lowest BCUT2D eigenvalue weighted by molar-refractivity contribution is 0.0694. The summed E-state index contributed by atoms with van der Waals surface area (Å²) >= 11 is 0. The van der Waals surface area contributed by atoms with Crippen LogP contribution in [0, 0.1) is 34.0 Å². The molecular formula is C12H6N4O3. The summed E-state index contributed by atoms with van der Waals surface area (Å²) in [5.41, 5.74) is -0.812. The average molecular weight is 254 g/mol. The summed E-state index contributed by atoms with van der Waals surface area (Å²) in [7, 11) is 0. The van der Waals surface area contributed by atoms with E-state index in [1.807, 2.05) is 0 Å². The van der Waals surface area contributed by atoms with Crippen LogP contribution in [0.1, 0.15) is 10.4 Å². The summed E-state index contributed by atoms with van der Waals surface area (Å²) < 4.78 is 0. The summed E-state index contributed by atoms with van der Waals surface area (Å²) in [5, 5.41) is 46.7. The number of aromatic hydroxyl groups is 1. The molecule has 7 heteroatoms. The van der Waals surface area contributed by atoms with E-state index in [-0.39, 0.29) is 16.9 Å². The van der Waals surface area contributed by atoms with E-state index in [4.69, 9.17) is 20.9 Å². The standard InChI is InChI=1S/C12H6N4O3/c13-4-7(5-14)10(6-15)16-8-1-2-9(12(18)19)11(17)3-8/h1-3,16-17H,(H,18,19). The third kappa shape index (κ3) is 3.00. The number of nitriles is 3. The number of anilines is 1. The Balaban J connectivity index is 3.16. The summed E-state index contributed by atoms with van der Waals surface area (Å²) in [6.07, 6.45) is 0. The topological polar surface area (TPSA) is 141 Å². The predicted molar refractivity (Wildman–Crippen MR) is 62.6 cm³/mol. The number of phenols is 1. The molecule has 1 aromatic rings. The quantitative estimate of drug-likeness (QED) is 0.690. The maximum Gasteiger partial charge on any atom is 0.339 e. The van der Waals surface area contributed by atoms with Gasteiger partial charge in [0.1, 0.15) is 35.2 Å². The zero-order valence-electron chi connectivity index (χ0n) is 9.38. The fourth-order valence-corrected chi connectivity index (χ4v) is 1.22. The number of nitrogens with zero attached hydrogens (tertiary/aromatic N) is 3. The first-order chi connectivity index (χ1) is 9.03. The number of nitrogens with one attached hydrogen (secondary N) is 1. The number of allylic oxidation sites excluding steroid dienone is 2. The Morgan fingerprint density at radius 1 is 1.16 bits per heavy atom. The van der Waals surface area contributed by atoms with Gasteiger partial charge in [-0.15, -0.1) is 0 Å². The number of hydrogen-bond donors (Lipinski definition) is 3. The van der Waals surface area contributed by atoms with E-state index in [1.54, 1.807) is 18.2 Å². The molecule has 0 spiro atoms. The van der Waals surface area contributed by atoms with Crippen molar-refractivity contribution in [2.24, 2.45) is 0 Å². The molecule has 0 fully saturated rings. The molecule has 0 bridgehead atoms. The molecule has 1 aromatic carbocycles. The van der Waals surface area contributed by atoms with E-state index < -0.39 is 17.3 Å². The van der Waals surface area contributed by atoms with E-state index >= 15 is 0 Å². The van der Waals surface area contributed by atoms with Crippen molar-refractivity contribution in [2.45, 2.75) is 0 Å². The monoisotopic (exact) mass is 254 g/mol. The summed E-state index contributed by atoms with van der Waals surface area (Å²) in [4.78, 5) is 10.7. The Bertz CT molecular complexity index is 670. The van der Waals surface area contributed by atoms with E-state index in [9.17, 15) is 9.90 Å². The summed E-state index contributed by atoms with van der Waals surface area (Å²) in [6, 6.07) is 8.23. The molecule has 0 atom stereocenters. The molecule has 0 aliphatic carbocycles. The highest BCUT2D eigenvalue weighted by molar-refractivity contribution is 5.91. The van der Waals surface area contributed by atoms with Gasteiger partial charge in [0.05, 0.1) is 0 Å². The van der Waals surface area contributed by atoms with Crippen molar-refractivity contribution in [3.63, 3.8) is 0 Å². The first kappa shape index (κ1) is 13.6. The van der Waals surface area contributed by atoms with Gasteiger partial charge >= 0.3 is 5.97 Å². The van der Waals surface area contributed by atoms with E-state index in [0.717, 1.165) is 12.1 Å². The van der Waals surface area contributed by atoms with Gasteiger partial charge in [0.25, 0.3) is 0 Å². The van der Waals surface area contributed by atoms with Gasteiger partial charge in [0, 0.05) is 11.8 Å². The zero-order chi connectivity index (χ0) is 14.4. The van der Waals surface area contributed by atoms with Crippen LogP contribution >= 0.6 is 0 Å². The average Bonchev–Trinajstić information content (AvgIpc) is 2.38. The van der Waals surface area contributed by atoms with Crippen molar-refractivity contribution in [1.29, 1.82) is 15.8 Å². The van der Waals surface area contributed by atoms with Gasteiger partial charge < -0.3 is 15.5 Å². The highest BCUT2D eigenvalue weighted by Crippen LogP contribution is 2.23. The maximum absolute atomic E-state index is 10.7. The third-order valence-electron chi connectivity index (χ3n) is 2.08. The molecule has 0 heterocycles. The second-order valence-electron chi connectivity index (χ2n) is 3.25. The molecule has 1 rings (SSSR count). The largest absolute Gasteiger partial charge is 0.507 e. The van der Waals surface area contributed by atoms with Gasteiger partial charge in [-0.3, -0.25) is 0 Å². The zero-order valence-corrected chi connectivity index (χ0v) is 9.38. The van der Waals surface area contributed by atoms with Crippen molar-refractivity contribution < 1.29 is 15.0 Å².